The summed E-state index contributed by atoms with van der Waals surface area (Å²) in [6.07, 6.45) is 5.59. The second-order valence-corrected chi connectivity index (χ2v) is 8.17. The molecular weight excluding hydrogens is 433 g/mol. The molecule has 1 aromatic carbocycles. The van der Waals surface area contributed by atoms with E-state index in [0.29, 0.717) is 24.3 Å². The largest absolute Gasteiger partial charge is 0.493 e. The number of hydrogen-bond acceptors (Lipinski definition) is 6. The van der Waals surface area contributed by atoms with Gasteiger partial charge in [-0.2, -0.15) is 0 Å². The van der Waals surface area contributed by atoms with Gasteiger partial charge in [0.15, 0.2) is 11.5 Å². The summed E-state index contributed by atoms with van der Waals surface area (Å²) >= 11 is 2.14. The van der Waals surface area contributed by atoms with E-state index in [1.54, 1.807) is 20.5 Å². The smallest absolute Gasteiger partial charge is 0.162 e. The Morgan fingerprint density at radius 3 is 2.76 bits per heavy atom. The molecule has 2 aromatic rings. The molecule has 2 atom stereocenters. The molecule has 2 unspecified atom stereocenters. The molecule has 3 rings (SSSR count). The molecule has 0 bridgehead atoms. The molecule has 0 spiro atoms. The highest BCUT2D eigenvalue weighted by atomic mass is 127. The lowest BCUT2D eigenvalue weighted by molar-refractivity contribution is 0.111. The predicted octanol–water partition coefficient (Wildman–Crippen LogP) is 3.32. The van der Waals surface area contributed by atoms with Crippen LogP contribution in [0.4, 0.5) is 5.82 Å². The third kappa shape index (κ3) is 3.67. The highest BCUT2D eigenvalue weighted by molar-refractivity contribution is 14.1. The summed E-state index contributed by atoms with van der Waals surface area (Å²) < 4.78 is 10.1. The van der Waals surface area contributed by atoms with E-state index >= 15 is 0 Å². The van der Waals surface area contributed by atoms with Crippen LogP contribution in [-0.4, -0.2) is 45.5 Å². The van der Waals surface area contributed by atoms with Crippen molar-refractivity contribution in [3.8, 4) is 11.5 Å². The van der Waals surface area contributed by atoms with Gasteiger partial charge in [0.1, 0.15) is 15.8 Å². The third-order valence-corrected chi connectivity index (χ3v) is 5.54. The maximum absolute atomic E-state index is 10.5. The fourth-order valence-corrected chi connectivity index (χ4v) is 4.08. The van der Waals surface area contributed by atoms with Gasteiger partial charge >= 0.3 is 0 Å². The maximum atomic E-state index is 10.5. The van der Waals surface area contributed by atoms with Crippen LogP contribution in [0.2, 0.25) is 0 Å². The summed E-state index contributed by atoms with van der Waals surface area (Å²) in [7, 11) is 3.22. The molecular formula is C18H22IN3O3. The van der Waals surface area contributed by atoms with E-state index in [0.717, 1.165) is 29.7 Å². The van der Waals surface area contributed by atoms with Crippen LogP contribution in [0.15, 0.2) is 31.1 Å². The number of alkyl halides is 1. The zero-order valence-electron chi connectivity index (χ0n) is 14.4. The van der Waals surface area contributed by atoms with Crippen LogP contribution < -0.4 is 14.4 Å². The van der Waals surface area contributed by atoms with Crippen molar-refractivity contribution in [2.24, 2.45) is 0 Å². The van der Waals surface area contributed by atoms with E-state index in [-0.39, 0.29) is 6.04 Å². The highest BCUT2D eigenvalue weighted by Crippen LogP contribution is 2.40. The number of piperidine rings is 1. The zero-order valence-corrected chi connectivity index (χ0v) is 16.6. The fraction of sp³-hybridized carbons (Fsp3) is 0.444. The number of rotatable bonds is 5. The van der Waals surface area contributed by atoms with E-state index in [1.165, 1.54) is 0 Å². The molecule has 0 aliphatic carbocycles. The average Bonchev–Trinajstić information content (AvgIpc) is 2.60. The Hall–Kier alpha value is -1.61. The minimum atomic E-state index is -0.689. The van der Waals surface area contributed by atoms with Crippen molar-refractivity contribution in [3.05, 3.63) is 31.1 Å². The second-order valence-electron chi connectivity index (χ2n) is 6.17. The zero-order chi connectivity index (χ0) is 18.0. The molecule has 1 aromatic heterocycles. The Kier molecular flexibility index (Phi) is 5.33. The van der Waals surface area contributed by atoms with Crippen LogP contribution in [0.1, 0.15) is 19.3 Å². The minimum Gasteiger partial charge on any atom is -0.493 e. The number of benzene rings is 1. The molecule has 1 aliphatic heterocycles. The fourth-order valence-electron chi connectivity index (χ4n) is 3.33. The lowest BCUT2D eigenvalue weighted by atomic mass is 9.96. The van der Waals surface area contributed by atoms with Crippen LogP contribution in [0, 0.1) is 0 Å². The summed E-state index contributed by atoms with van der Waals surface area (Å²) in [6, 6.07) is 3.92. The van der Waals surface area contributed by atoms with E-state index in [4.69, 9.17) is 9.47 Å². The first-order valence-corrected chi connectivity index (χ1v) is 9.22. The highest BCUT2D eigenvalue weighted by Gasteiger charge is 2.36. The molecule has 1 N–H and O–H groups in total. The first-order chi connectivity index (χ1) is 12.0. The van der Waals surface area contributed by atoms with Crippen molar-refractivity contribution < 1.29 is 14.6 Å². The molecule has 1 saturated heterocycles. The molecule has 0 amide bonds. The molecule has 2 heterocycles. The Labute approximate surface area is 161 Å². The van der Waals surface area contributed by atoms with Crippen molar-refractivity contribution in [1.29, 1.82) is 0 Å². The van der Waals surface area contributed by atoms with Crippen LogP contribution in [0.25, 0.3) is 10.9 Å². The van der Waals surface area contributed by atoms with Gasteiger partial charge < -0.3 is 19.5 Å². The number of hydrogen-bond donors (Lipinski definition) is 1. The van der Waals surface area contributed by atoms with E-state index in [2.05, 4.69) is 44.0 Å². The Bertz CT molecular complexity index is 781. The van der Waals surface area contributed by atoms with E-state index < -0.39 is 3.61 Å². The molecule has 134 valence electrons. The van der Waals surface area contributed by atoms with Crippen LogP contribution in [0.3, 0.4) is 0 Å². The van der Waals surface area contributed by atoms with Gasteiger partial charge in [-0.05, 0) is 35.1 Å². The molecule has 1 aliphatic rings. The molecule has 0 saturated carbocycles. The third-order valence-electron chi connectivity index (χ3n) is 4.56. The molecule has 25 heavy (non-hydrogen) atoms. The van der Waals surface area contributed by atoms with Crippen LogP contribution in [-0.2, 0) is 0 Å². The quantitative estimate of drug-likeness (QED) is 0.424. The number of anilines is 1. The molecule has 7 heteroatoms. The predicted molar refractivity (Wildman–Crippen MR) is 107 cm³/mol. The minimum absolute atomic E-state index is 0.138. The van der Waals surface area contributed by atoms with Gasteiger partial charge in [-0.3, -0.25) is 0 Å². The van der Waals surface area contributed by atoms with Crippen LogP contribution >= 0.6 is 22.6 Å². The summed E-state index contributed by atoms with van der Waals surface area (Å²) in [6.45, 7) is 4.58. The molecule has 0 radical (unpaired) electrons. The van der Waals surface area contributed by atoms with Gasteiger partial charge in [0.05, 0.1) is 19.7 Å². The Morgan fingerprint density at radius 2 is 2.08 bits per heavy atom. The van der Waals surface area contributed by atoms with E-state index in [9.17, 15) is 5.11 Å². The standard InChI is InChI=1S/C18H22IN3O3/c1-4-5-12-10-18(19,23)6-7-22(12)17-13-8-15(24-2)16(25-3)9-14(13)20-11-21-17/h4,8-9,11-12,23H,1,5-7,10H2,2-3H3. The summed E-state index contributed by atoms with van der Waals surface area (Å²) in [5, 5.41) is 11.4. The van der Waals surface area contributed by atoms with Gasteiger partial charge in [0.25, 0.3) is 0 Å². The molecule has 1 fully saturated rings. The number of fused-ring (bicyclic) bond motifs is 1. The average molecular weight is 455 g/mol. The van der Waals surface area contributed by atoms with Crippen molar-refractivity contribution in [2.75, 3.05) is 25.7 Å². The van der Waals surface area contributed by atoms with Gasteiger partial charge in [0.2, 0.25) is 0 Å². The summed E-state index contributed by atoms with van der Waals surface area (Å²) in [4.78, 5) is 11.2. The van der Waals surface area contributed by atoms with Gasteiger partial charge in [0, 0.05) is 36.9 Å². The molecule has 6 nitrogen and oxygen atoms in total. The number of ether oxygens (including phenoxy) is 2. The Morgan fingerprint density at radius 1 is 1.36 bits per heavy atom. The number of aromatic nitrogens is 2. The first-order valence-electron chi connectivity index (χ1n) is 8.14. The number of aliphatic hydroxyl groups is 1. The summed E-state index contributed by atoms with van der Waals surface area (Å²) in [5.41, 5.74) is 0.801. The summed E-state index contributed by atoms with van der Waals surface area (Å²) in [5.74, 6) is 2.14. The van der Waals surface area contributed by atoms with E-state index in [1.807, 2.05) is 18.2 Å². The second kappa shape index (κ2) is 7.33. The lowest BCUT2D eigenvalue weighted by Gasteiger charge is -2.42. The Balaban J connectivity index is 2.09. The number of nitrogens with zero attached hydrogens (tertiary/aromatic N) is 3. The monoisotopic (exact) mass is 455 g/mol. The van der Waals surface area contributed by atoms with Crippen molar-refractivity contribution in [1.82, 2.24) is 9.97 Å². The van der Waals surface area contributed by atoms with Crippen molar-refractivity contribution in [3.63, 3.8) is 0 Å². The maximum Gasteiger partial charge on any atom is 0.162 e. The number of halogens is 1. The van der Waals surface area contributed by atoms with Crippen LogP contribution in [0.5, 0.6) is 11.5 Å². The van der Waals surface area contributed by atoms with Gasteiger partial charge in [-0.1, -0.05) is 6.08 Å². The SMILES string of the molecule is C=CCC1CC(O)(I)CCN1c1ncnc2cc(OC)c(OC)cc12. The topological polar surface area (TPSA) is 67.7 Å². The van der Waals surface area contributed by atoms with Crippen molar-refractivity contribution >= 4 is 39.3 Å². The van der Waals surface area contributed by atoms with Gasteiger partial charge in [-0.25, -0.2) is 9.97 Å². The number of methoxy groups -OCH3 is 2. The first kappa shape index (κ1) is 18.2. The normalized spacial score (nSPS) is 23.5. The van der Waals surface area contributed by atoms with Gasteiger partial charge in [-0.15, -0.1) is 6.58 Å². The lowest BCUT2D eigenvalue weighted by Crippen LogP contribution is -2.48. The van der Waals surface area contributed by atoms with Crippen molar-refractivity contribution in [2.45, 2.75) is 28.9 Å².